The van der Waals surface area contributed by atoms with E-state index in [1.165, 1.54) is 51.4 Å². The lowest BCUT2D eigenvalue weighted by Gasteiger charge is -2.37. The highest BCUT2D eigenvalue weighted by molar-refractivity contribution is 4.87. The zero-order chi connectivity index (χ0) is 13.6. The third-order valence-electron chi connectivity index (χ3n) is 5.35. The van der Waals surface area contributed by atoms with Gasteiger partial charge in [0, 0.05) is 26.3 Å². The normalized spacial score (nSPS) is 26.8. The molecule has 0 atom stereocenters. The summed E-state index contributed by atoms with van der Waals surface area (Å²) in [6, 6.07) is 0. The monoisotopic (exact) mass is 268 g/mol. The highest BCUT2D eigenvalue weighted by Crippen LogP contribution is 2.34. The predicted octanol–water partition coefficient (Wildman–Crippen LogP) is 2.69. The fourth-order valence-corrected chi connectivity index (χ4v) is 3.60. The molecule has 1 heterocycles. The van der Waals surface area contributed by atoms with E-state index >= 15 is 0 Å². The summed E-state index contributed by atoms with van der Waals surface area (Å²) >= 11 is 0. The molecule has 0 aromatic rings. The predicted molar refractivity (Wildman–Crippen MR) is 80.2 cm³/mol. The first kappa shape index (κ1) is 15.3. The summed E-state index contributed by atoms with van der Waals surface area (Å²) in [5, 5.41) is 3.75. The molecule has 3 nitrogen and oxygen atoms in total. The minimum atomic E-state index is 0.373. The maximum Gasteiger partial charge on any atom is 0.0471 e. The van der Waals surface area contributed by atoms with Gasteiger partial charge >= 0.3 is 0 Å². The van der Waals surface area contributed by atoms with Gasteiger partial charge in [0.2, 0.25) is 0 Å². The van der Waals surface area contributed by atoms with Crippen molar-refractivity contribution in [3.63, 3.8) is 0 Å². The van der Waals surface area contributed by atoms with E-state index in [2.05, 4.69) is 12.2 Å². The van der Waals surface area contributed by atoms with Crippen molar-refractivity contribution in [2.24, 2.45) is 16.6 Å². The Balaban J connectivity index is 1.78. The first-order valence-electron chi connectivity index (χ1n) is 8.17. The Labute approximate surface area is 118 Å². The lowest BCUT2D eigenvalue weighted by Crippen LogP contribution is -2.44. The zero-order valence-corrected chi connectivity index (χ0v) is 12.7. The molecule has 2 fully saturated rings. The van der Waals surface area contributed by atoms with Crippen molar-refractivity contribution in [1.29, 1.82) is 0 Å². The highest BCUT2D eigenvalue weighted by Gasteiger charge is 2.31. The Kier molecular flexibility index (Phi) is 5.67. The van der Waals surface area contributed by atoms with E-state index in [-0.39, 0.29) is 0 Å². The number of ether oxygens (including phenoxy) is 1. The molecule has 0 radical (unpaired) electrons. The smallest absolute Gasteiger partial charge is 0.0471 e. The second-order valence-corrected chi connectivity index (χ2v) is 7.14. The number of rotatable bonds is 5. The van der Waals surface area contributed by atoms with Gasteiger partial charge in [-0.3, -0.25) is 0 Å². The molecule has 0 bridgehead atoms. The molecule has 1 aliphatic carbocycles. The summed E-state index contributed by atoms with van der Waals surface area (Å²) in [5.41, 5.74) is 6.90. The lowest BCUT2D eigenvalue weighted by molar-refractivity contribution is 0.0227. The summed E-state index contributed by atoms with van der Waals surface area (Å²) in [6.45, 7) is 7.34. The van der Waals surface area contributed by atoms with Crippen molar-refractivity contribution >= 4 is 0 Å². The Morgan fingerprint density at radius 2 is 1.58 bits per heavy atom. The summed E-state index contributed by atoms with van der Waals surface area (Å²) in [4.78, 5) is 0. The standard InChI is InChI=1S/C16H32N2O/c1-15(8-10-19-11-9-15)13-18-14-16(12-17)6-4-2-3-5-7-16/h18H,2-14,17H2,1H3. The van der Waals surface area contributed by atoms with Gasteiger partial charge < -0.3 is 15.8 Å². The van der Waals surface area contributed by atoms with Crippen molar-refractivity contribution in [2.45, 2.75) is 58.3 Å². The van der Waals surface area contributed by atoms with E-state index in [9.17, 15) is 0 Å². The number of hydrogen-bond acceptors (Lipinski definition) is 3. The average molecular weight is 268 g/mol. The zero-order valence-electron chi connectivity index (χ0n) is 12.7. The molecule has 2 rings (SSSR count). The number of nitrogens with two attached hydrogens (primary N) is 1. The van der Waals surface area contributed by atoms with E-state index in [0.29, 0.717) is 10.8 Å². The van der Waals surface area contributed by atoms with Gasteiger partial charge in [0.05, 0.1) is 0 Å². The summed E-state index contributed by atoms with van der Waals surface area (Å²) in [6.07, 6.45) is 10.5. The first-order valence-corrected chi connectivity index (χ1v) is 8.17. The van der Waals surface area contributed by atoms with Gasteiger partial charge in [-0.1, -0.05) is 32.6 Å². The van der Waals surface area contributed by atoms with Crippen LogP contribution in [0.1, 0.15) is 58.3 Å². The van der Waals surface area contributed by atoms with Crippen molar-refractivity contribution in [2.75, 3.05) is 32.8 Å². The number of hydrogen-bond donors (Lipinski definition) is 2. The molecule has 1 saturated heterocycles. The molecule has 112 valence electrons. The molecule has 19 heavy (non-hydrogen) atoms. The fraction of sp³-hybridized carbons (Fsp3) is 1.00. The third kappa shape index (κ3) is 4.44. The molecule has 1 saturated carbocycles. The second kappa shape index (κ2) is 7.05. The van der Waals surface area contributed by atoms with Crippen LogP contribution in [0.25, 0.3) is 0 Å². The molecular formula is C16H32N2O. The topological polar surface area (TPSA) is 47.3 Å². The Bertz CT molecular complexity index is 253. The van der Waals surface area contributed by atoms with Gasteiger partial charge in [-0.25, -0.2) is 0 Å². The van der Waals surface area contributed by atoms with Gasteiger partial charge in [0.15, 0.2) is 0 Å². The number of nitrogens with one attached hydrogen (secondary N) is 1. The van der Waals surface area contributed by atoms with Crippen LogP contribution in [0.4, 0.5) is 0 Å². The van der Waals surface area contributed by atoms with Crippen molar-refractivity contribution in [3.05, 3.63) is 0 Å². The average Bonchev–Trinajstić information content (AvgIpc) is 2.66. The minimum Gasteiger partial charge on any atom is -0.381 e. The lowest BCUT2D eigenvalue weighted by atomic mass is 9.79. The molecule has 3 heteroatoms. The van der Waals surface area contributed by atoms with Crippen molar-refractivity contribution in [3.8, 4) is 0 Å². The molecule has 0 spiro atoms. The van der Waals surface area contributed by atoms with Gasteiger partial charge in [-0.15, -0.1) is 0 Å². The first-order chi connectivity index (χ1) is 9.18. The van der Waals surface area contributed by atoms with Crippen LogP contribution in [-0.2, 0) is 4.74 Å². The quantitative estimate of drug-likeness (QED) is 0.754. The van der Waals surface area contributed by atoms with Crippen LogP contribution in [0.3, 0.4) is 0 Å². The molecule has 3 N–H and O–H groups in total. The molecule has 0 amide bonds. The van der Waals surface area contributed by atoms with Crippen LogP contribution in [0, 0.1) is 10.8 Å². The fourth-order valence-electron chi connectivity index (χ4n) is 3.60. The van der Waals surface area contributed by atoms with Gasteiger partial charge in [-0.2, -0.15) is 0 Å². The van der Waals surface area contributed by atoms with Crippen molar-refractivity contribution in [1.82, 2.24) is 5.32 Å². The van der Waals surface area contributed by atoms with Crippen LogP contribution >= 0.6 is 0 Å². The van der Waals surface area contributed by atoms with E-state index in [4.69, 9.17) is 10.5 Å². The Morgan fingerprint density at radius 1 is 0.947 bits per heavy atom. The van der Waals surface area contributed by atoms with Crippen LogP contribution in [0.2, 0.25) is 0 Å². The van der Waals surface area contributed by atoms with Crippen molar-refractivity contribution < 1.29 is 4.74 Å². The summed E-state index contributed by atoms with van der Waals surface area (Å²) in [5.74, 6) is 0. The van der Waals surface area contributed by atoms with Crippen LogP contribution in [0.15, 0.2) is 0 Å². The van der Waals surface area contributed by atoms with E-state index in [1.54, 1.807) is 0 Å². The van der Waals surface area contributed by atoms with Crippen LogP contribution < -0.4 is 11.1 Å². The van der Waals surface area contributed by atoms with Crippen LogP contribution in [0.5, 0.6) is 0 Å². The van der Waals surface area contributed by atoms with Crippen LogP contribution in [-0.4, -0.2) is 32.8 Å². The van der Waals surface area contributed by atoms with Gasteiger partial charge in [0.25, 0.3) is 0 Å². The molecule has 0 aromatic heterocycles. The van der Waals surface area contributed by atoms with E-state index in [0.717, 1.165) is 32.8 Å². The minimum absolute atomic E-state index is 0.373. The second-order valence-electron chi connectivity index (χ2n) is 7.14. The SMILES string of the molecule is CC1(CNCC2(CN)CCCCCC2)CCOCC1. The Morgan fingerprint density at radius 3 is 2.16 bits per heavy atom. The molecule has 1 aliphatic heterocycles. The molecule has 2 aliphatic rings. The summed E-state index contributed by atoms with van der Waals surface area (Å²) < 4.78 is 5.47. The third-order valence-corrected chi connectivity index (χ3v) is 5.35. The van der Waals surface area contributed by atoms with Gasteiger partial charge in [0.1, 0.15) is 0 Å². The van der Waals surface area contributed by atoms with Gasteiger partial charge in [-0.05, 0) is 43.1 Å². The summed E-state index contributed by atoms with van der Waals surface area (Å²) in [7, 11) is 0. The van der Waals surface area contributed by atoms with E-state index in [1.807, 2.05) is 0 Å². The maximum absolute atomic E-state index is 6.10. The molecule has 0 aromatic carbocycles. The largest absolute Gasteiger partial charge is 0.381 e. The van der Waals surface area contributed by atoms with E-state index < -0.39 is 0 Å². The maximum atomic E-state index is 6.10. The molecule has 0 unspecified atom stereocenters. The molecular weight excluding hydrogens is 236 g/mol. The highest BCUT2D eigenvalue weighted by atomic mass is 16.5. The Hall–Kier alpha value is -0.120.